The molecule has 148 valence electrons. The molecule has 0 atom stereocenters. The SMILES string of the molecule is CNS(=O)(=O)c1ccc(-c2cncc3cc(/C=C4\SC(=O)NC4=O)oc23)cc1C. The number of thioether (sulfide) groups is 1. The van der Waals surface area contributed by atoms with E-state index in [1.807, 2.05) is 0 Å². The number of pyridine rings is 1. The third-order valence-corrected chi connectivity index (χ3v) is 6.79. The van der Waals surface area contributed by atoms with E-state index in [2.05, 4.69) is 15.0 Å². The van der Waals surface area contributed by atoms with Crippen molar-refractivity contribution in [2.45, 2.75) is 11.8 Å². The second kappa shape index (κ2) is 7.14. The number of rotatable bonds is 4. The van der Waals surface area contributed by atoms with Gasteiger partial charge in [0.2, 0.25) is 10.0 Å². The number of nitrogens with one attached hydrogen (secondary N) is 2. The number of carbonyl (C=O) groups excluding carboxylic acids is 2. The molecule has 3 aromatic rings. The van der Waals surface area contributed by atoms with Crippen molar-refractivity contribution in [3.63, 3.8) is 0 Å². The largest absolute Gasteiger partial charge is 0.456 e. The van der Waals surface area contributed by atoms with Gasteiger partial charge in [-0.2, -0.15) is 0 Å². The molecule has 0 bridgehead atoms. The Labute approximate surface area is 170 Å². The number of hydrogen-bond acceptors (Lipinski definition) is 7. The van der Waals surface area contributed by atoms with Gasteiger partial charge in [-0.05, 0) is 55.1 Å². The summed E-state index contributed by atoms with van der Waals surface area (Å²) in [5, 5.41) is 2.49. The number of fused-ring (bicyclic) bond motifs is 1. The fourth-order valence-corrected chi connectivity index (χ4v) is 4.65. The second-order valence-corrected chi connectivity index (χ2v) is 9.16. The van der Waals surface area contributed by atoms with Crippen LogP contribution >= 0.6 is 11.8 Å². The van der Waals surface area contributed by atoms with E-state index in [1.54, 1.807) is 37.5 Å². The average Bonchev–Trinajstić information content (AvgIpc) is 3.23. The van der Waals surface area contributed by atoms with Crippen molar-refractivity contribution in [3.8, 4) is 11.1 Å². The summed E-state index contributed by atoms with van der Waals surface area (Å²) in [7, 11) is -2.19. The summed E-state index contributed by atoms with van der Waals surface area (Å²) in [6.45, 7) is 1.71. The van der Waals surface area contributed by atoms with Gasteiger partial charge in [0.15, 0.2) is 0 Å². The Morgan fingerprint density at radius 2 is 2.00 bits per heavy atom. The molecule has 8 nitrogen and oxygen atoms in total. The van der Waals surface area contributed by atoms with Gasteiger partial charge in [0.1, 0.15) is 11.3 Å². The van der Waals surface area contributed by atoms with Crippen molar-refractivity contribution >= 4 is 50.0 Å². The van der Waals surface area contributed by atoms with E-state index < -0.39 is 21.2 Å². The summed E-state index contributed by atoms with van der Waals surface area (Å²) in [6, 6.07) is 6.70. The predicted molar refractivity (Wildman–Crippen MR) is 110 cm³/mol. The summed E-state index contributed by atoms with van der Waals surface area (Å²) < 4.78 is 32.4. The van der Waals surface area contributed by atoms with Crippen LogP contribution in [-0.2, 0) is 14.8 Å². The van der Waals surface area contributed by atoms with Crippen LogP contribution in [0.4, 0.5) is 4.79 Å². The standard InChI is InChI=1S/C19H15N3O5S2/c1-10-5-11(3-4-16(10)29(25,26)20-2)14-9-21-8-12-6-13(27-17(12)14)7-15-18(23)22-19(24)28-15/h3-9,20H,1-2H3,(H,22,23,24)/b15-7-. The fraction of sp³-hybridized carbons (Fsp3) is 0.105. The average molecular weight is 429 g/mol. The van der Waals surface area contributed by atoms with Gasteiger partial charge >= 0.3 is 0 Å². The summed E-state index contributed by atoms with van der Waals surface area (Å²) in [5.41, 5.74) is 2.56. The van der Waals surface area contributed by atoms with Gasteiger partial charge in [0.05, 0.1) is 9.80 Å². The first-order valence-electron chi connectivity index (χ1n) is 8.45. The smallest absolute Gasteiger partial charge is 0.290 e. The van der Waals surface area contributed by atoms with Gasteiger partial charge in [0.25, 0.3) is 11.1 Å². The molecule has 1 aliphatic rings. The Kier molecular flexibility index (Phi) is 4.77. The number of aromatic nitrogens is 1. The van der Waals surface area contributed by atoms with E-state index in [0.717, 1.165) is 17.3 Å². The van der Waals surface area contributed by atoms with Crippen molar-refractivity contribution in [3.05, 3.63) is 52.9 Å². The van der Waals surface area contributed by atoms with Crippen molar-refractivity contribution in [1.82, 2.24) is 15.0 Å². The highest BCUT2D eigenvalue weighted by molar-refractivity contribution is 8.18. The third kappa shape index (κ3) is 3.57. The van der Waals surface area contributed by atoms with Gasteiger partial charge in [-0.3, -0.25) is 19.9 Å². The highest BCUT2D eigenvalue weighted by atomic mass is 32.2. The van der Waals surface area contributed by atoms with Crippen LogP contribution < -0.4 is 10.0 Å². The maximum atomic E-state index is 12.1. The van der Waals surface area contributed by atoms with E-state index in [1.165, 1.54) is 19.2 Å². The minimum atomic E-state index is -3.55. The number of benzene rings is 1. The molecule has 1 fully saturated rings. The Morgan fingerprint density at radius 1 is 1.21 bits per heavy atom. The van der Waals surface area contributed by atoms with Gasteiger partial charge in [0, 0.05) is 29.4 Å². The molecule has 10 heteroatoms. The number of aryl methyl sites for hydroxylation is 1. The molecule has 0 saturated carbocycles. The molecule has 4 rings (SSSR count). The van der Waals surface area contributed by atoms with Gasteiger partial charge in [-0.25, -0.2) is 13.1 Å². The second-order valence-electron chi connectivity index (χ2n) is 6.29. The lowest BCUT2D eigenvalue weighted by molar-refractivity contribution is -0.115. The normalized spacial score (nSPS) is 16.0. The maximum Gasteiger partial charge on any atom is 0.290 e. The van der Waals surface area contributed by atoms with E-state index >= 15 is 0 Å². The van der Waals surface area contributed by atoms with Crippen LogP contribution in [0.3, 0.4) is 0 Å². The zero-order chi connectivity index (χ0) is 20.8. The van der Waals surface area contributed by atoms with Crippen LogP contribution in [0.1, 0.15) is 11.3 Å². The zero-order valence-corrected chi connectivity index (χ0v) is 17.0. The van der Waals surface area contributed by atoms with Crippen LogP contribution in [0.15, 0.2) is 50.9 Å². The lowest BCUT2D eigenvalue weighted by Crippen LogP contribution is -2.19. The zero-order valence-electron chi connectivity index (χ0n) is 15.3. The first-order chi connectivity index (χ1) is 13.8. The van der Waals surface area contributed by atoms with Crippen LogP contribution in [0.5, 0.6) is 0 Å². The van der Waals surface area contributed by atoms with Gasteiger partial charge in [-0.15, -0.1) is 0 Å². The first-order valence-corrected chi connectivity index (χ1v) is 10.8. The number of hydrogen-bond donors (Lipinski definition) is 2. The highest BCUT2D eigenvalue weighted by Crippen LogP contribution is 2.33. The van der Waals surface area contributed by atoms with Crippen molar-refractivity contribution in [2.75, 3.05) is 7.05 Å². The van der Waals surface area contributed by atoms with Crippen molar-refractivity contribution in [1.29, 1.82) is 0 Å². The molecule has 2 aromatic heterocycles. The fourth-order valence-electron chi connectivity index (χ4n) is 3.04. The molecule has 1 aliphatic heterocycles. The number of amides is 2. The Balaban J connectivity index is 1.79. The van der Waals surface area contributed by atoms with Gasteiger partial charge in [-0.1, -0.05) is 6.07 Å². The quantitative estimate of drug-likeness (QED) is 0.612. The lowest BCUT2D eigenvalue weighted by atomic mass is 10.0. The summed E-state index contributed by atoms with van der Waals surface area (Å²) in [4.78, 5) is 27.7. The minimum absolute atomic E-state index is 0.197. The van der Waals surface area contributed by atoms with Crippen molar-refractivity contribution in [2.24, 2.45) is 0 Å². The number of nitrogens with zero attached hydrogens (tertiary/aromatic N) is 1. The number of imide groups is 1. The Bertz CT molecular complexity index is 1310. The molecule has 0 spiro atoms. The molecule has 29 heavy (non-hydrogen) atoms. The molecule has 1 saturated heterocycles. The number of sulfonamides is 1. The third-order valence-electron chi connectivity index (χ3n) is 4.40. The van der Waals surface area contributed by atoms with E-state index in [4.69, 9.17) is 4.42 Å². The molecule has 2 amide bonds. The van der Waals surface area contributed by atoms with Gasteiger partial charge < -0.3 is 4.42 Å². The molecular weight excluding hydrogens is 414 g/mol. The number of furan rings is 1. The lowest BCUT2D eigenvalue weighted by Gasteiger charge is -2.09. The Morgan fingerprint density at radius 3 is 2.66 bits per heavy atom. The van der Waals surface area contributed by atoms with Crippen molar-refractivity contribution < 1.29 is 22.4 Å². The first kappa shape index (κ1) is 19.4. The molecule has 0 unspecified atom stereocenters. The maximum absolute atomic E-state index is 12.1. The van der Waals surface area contributed by atoms with E-state index in [-0.39, 0.29) is 9.80 Å². The molecule has 0 radical (unpaired) electrons. The monoisotopic (exact) mass is 429 g/mol. The van der Waals surface area contributed by atoms with E-state index in [9.17, 15) is 18.0 Å². The van der Waals surface area contributed by atoms with Crippen LogP contribution in [0, 0.1) is 6.92 Å². The summed E-state index contributed by atoms with van der Waals surface area (Å²) in [5.74, 6) is -0.0523. The van der Waals surface area contributed by atoms with Crippen LogP contribution in [-0.4, -0.2) is 31.6 Å². The highest BCUT2D eigenvalue weighted by Gasteiger charge is 2.25. The van der Waals surface area contributed by atoms with Crippen LogP contribution in [0.25, 0.3) is 28.2 Å². The topological polar surface area (TPSA) is 118 Å². The molecule has 3 heterocycles. The molecule has 1 aromatic carbocycles. The molecular formula is C19H15N3O5S2. The number of carbonyl (C=O) groups is 2. The minimum Gasteiger partial charge on any atom is -0.456 e. The Hall–Kier alpha value is -2.95. The van der Waals surface area contributed by atoms with Crippen LogP contribution in [0.2, 0.25) is 0 Å². The molecule has 2 N–H and O–H groups in total. The summed E-state index contributed by atoms with van der Waals surface area (Å²) >= 11 is 0.810. The molecule has 0 aliphatic carbocycles. The summed E-state index contributed by atoms with van der Waals surface area (Å²) in [6.07, 6.45) is 4.76. The van der Waals surface area contributed by atoms with E-state index in [0.29, 0.717) is 27.9 Å². The predicted octanol–water partition coefficient (Wildman–Crippen LogP) is 3.04.